The first-order valence-electron chi connectivity index (χ1n) is 8.28. The zero-order valence-corrected chi connectivity index (χ0v) is 15.5. The fourth-order valence-corrected chi connectivity index (χ4v) is 3.36. The molecule has 0 unspecified atom stereocenters. The van der Waals surface area contributed by atoms with Crippen LogP contribution in [0.15, 0.2) is 21.0 Å². The third kappa shape index (κ3) is 4.14. The highest BCUT2D eigenvalue weighted by atomic mass is 32.1. The van der Waals surface area contributed by atoms with Crippen LogP contribution in [-0.2, 0) is 17.9 Å². The smallest absolute Gasteiger partial charge is 0.332 e. The van der Waals surface area contributed by atoms with Gasteiger partial charge in [-0.05, 0) is 29.7 Å². The minimum Gasteiger partial charge on any atom is -0.355 e. The zero-order chi connectivity index (χ0) is 17.9. The molecule has 0 bridgehead atoms. The Kier molecular flexibility index (Phi) is 5.99. The number of carbonyl (C=O) groups is 1. The second-order valence-corrected chi connectivity index (χ2v) is 7.76. The van der Waals surface area contributed by atoms with Crippen LogP contribution in [0, 0.1) is 11.8 Å². The van der Waals surface area contributed by atoms with Crippen molar-refractivity contribution in [2.75, 3.05) is 6.54 Å². The molecule has 2 heterocycles. The van der Waals surface area contributed by atoms with Crippen LogP contribution in [0.3, 0.4) is 0 Å². The van der Waals surface area contributed by atoms with Crippen LogP contribution in [-0.4, -0.2) is 21.6 Å². The number of hydrogen-bond donors (Lipinski definition) is 1. The van der Waals surface area contributed by atoms with E-state index in [1.165, 1.54) is 20.5 Å². The Morgan fingerprint density at radius 3 is 2.50 bits per heavy atom. The summed E-state index contributed by atoms with van der Waals surface area (Å²) in [5.74, 6) is 0.464. The first-order valence-corrected chi connectivity index (χ1v) is 9.16. The molecule has 1 amide bonds. The van der Waals surface area contributed by atoms with Gasteiger partial charge in [0.2, 0.25) is 5.91 Å². The van der Waals surface area contributed by atoms with Crippen molar-refractivity contribution in [1.29, 1.82) is 0 Å². The van der Waals surface area contributed by atoms with Crippen molar-refractivity contribution in [3.8, 4) is 0 Å². The van der Waals surface area contributed by atoms with Crippen molar-refractivity contribution in [3.05, 3.63) is 32.3 Å². The van der Waals surface area contributed by atoms with Gasteiger partial charge in [-0.15, -0.1) is 11.3 Å². The van der Waals surface area contributed by atoms with E-state index in [9.17, 15) is 14.4 Å². The summed E-state index contributed by atoms with van der Waals surface area (Å²) in [6.07, 6.45) is 0.890. The summed E-state index contributed by atoms with van der Waals surface area (Å²) in [5, 5.41) is 4.61. The van der Waals surface area contributed by atoms with Gasteiger partial charge in [-0.1, -0.05) is 27.7 Å². The molecule has 6 nitrogen and oxygen atoms in total. The van der Waals surface area contributed by atoms with Crippen LogP contribution < -0.4 is 16.6 Å². The van der Waals surface area contributed by atoms with Crippen LogP contribution >= 0.6 is 11.3 Å². The van der Waals surface area contributed by atoms with Crippen LogP contribution in [0.2, 0.25) is 0 Å². The average Bonchev–Trinajstić information content (AvgIpc) is 2.97. The fourth-order valence-electron chi connectivity index (χ4n) is 2.51. The lowest BCUT2D eigenvalue weighted by Gasteiger charge is -2.14. The van der Waals surface area contributed by atoms with E-state index in [2.05, 4.69) is 19.2 Å². The highest BCUT2D eigenvalue weighted by Gasteiger charge is 2.16. The van der Waals surface area contributed by atoms with Gasteiger partial charge in [0, 0.05) is 13.1 Å². The molecular formula is C17H25N3O3S. The van der Waals surface area contributed by atoms with Crippen LogP contribution in [0.5, 0.6) is 0 Å². The molecule has 1 N–H and O–H groups in total. The Hall–Kier alpha value is -1.89. The minimum atomic E-state index is -0.418. The quantitative estimate of drug-likeness (QED) is 0.830. The molecule has 0 saturated carbocycles. The average molecular weight is 351 g/mol. The molecule has 132 valence electrons. The monoisotopic (exact) mass is 351 g/mol. The van der Waals surface area contributed by atoms with Crippen molar-refractivity contribution in [1.82, 2.24) is 14.5 Å². The van der Waals surface area contributed by atoms with Gasteiger partial charge in [0.15, 0.2) is 0 Å². The zero-order valence-electron chi connectivity index (χ0n) is 14.7. The van der Waals surface area contributed by atoms with Crippen molar-refractivity contribution in [2.24, 2.45) is 11.8 Å². The Morgan fingerprint density at radius 1 is 1.17 bits per heavy atom. The van der Waals surface area contributed by atoms with Crippen molar-refractivity contribution < 1.29 is 4.79 Å². The number of rotatable bonds is 7. The van der Waals surface area contributed by atoms with Crippen molar-refractivity contribution >= 4 is 27.5 Å². The van der Waals surface area contributed by atoms with E-state index in [1.54, 1.807) is 11.4 Å². The molecule has 0 atom stereocenters. The van der Waals surface area contributed by atoms with Gasteiger partial charge >= 0.3 is 5.69 Å². The number of aromatic nitrogens is 2. The molecule has 0 spiro atoms. The van der Waals surface area contributed by atoms with E-state index in [1.807, 2.05) is 13.8 Å². The maximum Gasteiger partial charge on any atom is 0.332 e. The molecule has 0 saturated heterocycles. The molecule has 2 rings (SSSR count). The summed E-state index contributed by atoms with van der Waals surface area (Å²) < 4.78 is 3.16. The summed E-state index contributed by atoms with van der Waals surface area (Å²) in [7, 11) is 0. The van der Waals surface area contributed by atoms with Gasteiger partial charge in [0.05, 0.1) is 5.52 Å². The van der Waals surface area contributed by atoms with E-state index >= 15 is 0 Å². The second kappa shape index (κ2) is 7.79. The summed E-state index contributed by atoms with van der Waals surface area (Å²) in [4.78, 5) is 37.4. The summed E-state index contributed by atoms with van der Waals surface area (Å²) in [5.41, 5.74) is -0.150. The molecule has 0 aliphatic carbocycles. The van der Waals surface area contributed by atoms with Gasteiger partial charge in [0.1, 0.15) is 11.2 Å². The summed E-state index contributed by atoms with van der Waals surface area (Å²) >= 11 is 1.30. The van der Waals surface area contributed by atoms with Gasteiger partial charge in [-0.3, -0.25) is 18.7 Å². The van der Waals surface area contributed by atoms with Gasteiger partial charge in [0.25, 0.3) is 5.56 Å². The fraction of sp³-hybridized carbons (Fsp3) is 0.588. The lowest BCUT2D eigenvalue weighted by atomic mass is 10.1. The molecule has 0 aromatic carbocycles. The largest absolute Gasteiger partial charge is 0.355 e. The number of thiophene rings is 1. The third-order valence-corrected chi connectivity index (χ3v) is 4.62. The van der Waals surface area contributed by atoms with Gasteiger partial charge in [-0.2, -0.15) is 0 Å². The highest BCUT2D eigenvalue weighted by Crippen LogP contribution is 2.15. The maximum atomic E-state index is 12.7. The first kappa shape index (κ1) is 18.4. The molecule has 7 heteroatoms. The lowest BCUT2D eigenvalue weighted by Crippen LogP contribution is -2.43. The number of amides is 1. The molecule has 0 aliphatic rings. The summed E-state index contributed by atoms with van der Waals surface area (Å²) in [6.45, 7) is 8.95. The number of hydrogen-bond acceptors (Lipinski definition) is 4. The number of fused-ring (bicyclic) bond motifs is 1. The van der Waals surface area contributed by atoms with Crippen molar-refractivity contribution in [2.45, 2.75) is 47.2 Å². The Labute approximate surface area is 145 Å². The topological polar surface area (TPSA) is 73.1 Å². The summed E-state index contributed by atoms with van der Waals surface area (Å²) in [6, 6.07) is 1.73. The minimum absolute atomic E-state index is 0.0669. The van der Waals surface area contributed by atoms with Crippen molar-refractivity contribution in [3.63, 3.8) is 0 Å². The number of carbonyl (C=O) groups excluding carboxylic acids is 1. The van der Waals surface area contributed by atoms with Gasteiger partial charge in [-0.25, -0.2) is 4.79 Å². The SMILES string of the molecule is CC(C)CCNC(=O)Cn1c(=O)n(CC(C)C)c(=O)c2sccc21. The molecule has 0 aliphatic heterocycles. The van der Waals surface area contributed by atoms with E-state index in [0.717, 1.165) is 6.42 Å². The van der Waals surface area contributed by atoms with Crippen LogP contribution in [0.25, 0.3) is 10.2 Å². The van der Waals surface area contributed by atoms with E-state index in [0.29, 0.717) is 29.2 Å². The number of nitrogens with zero attached hydrogens (tertiary/aromatic N) is 2. The lowest BCUT2D eigenvalue weighted by molar-refractivity contribution is -0.121. The van der Waals surface area contributed by atoms with E-state index in [-0.39, 0.29) is 23.9 Å². The van der Waals surface area contributed by atoms with Gasteiger partial charge < -0.3 is 5.32 Å². The molecule has 0 fully saturated rings. The van der Waals surface area contributed by atoms with E-state index < -0.39 is 5.69 Å². The molecular weight excluding hydrogens is 326 g/mol. The van der Waals surface area contributed by atoms with E-state index in [4.69, 9.17) is 0 Å². The maximum absolute atomic E-state index is 12.7. The third-order valence-electron chi connectivity index (χ3n) is 3.73. The standard InChI is InChI=1S/C17H25N3O3S/c1-11(2)5-7-18-14(21)10-19-13-6-8-24-15(13)16(22)20(17(19)23)9-12(3)4/h6,8,11-12H,5,7,9-10H2,1-4H3,(H,18,21). The molecule has 2 aromatic heterocycles. The first-order chi connectivity index (χ1) is 11.3. The Bertz CT molecular complexity index is 830. The van der Waals surface area contributed by atoms with Crippen LogP contribution in [0.4, 0.5) is 0 Å². The second-order valence-electron chi connectivity index (χ2n) is 6.85. The van der Waals surface area contributed by atoms with Crippen LogP contribution in [0.1, 0.15) is 34.1 Å². The predicted molar refractivity (Wildman–Crippen MR) is 97.6 cm³/mol. The highest BCUT2D eigenvalue weighted by molar-refractivity contribution is 7.17. The predicted octanol–water partition coefficient (Wildman–Crippen LogP) is 2.04. The normalized spacial score (nSPS) is 11.6. The number of nitrogens with one attached hydrogen (secondary N) is 1. The molecule has 2 aromatic rings. The molecule has 24 heavy (non-hydrogen) atoms. The molecule has 0 radical (unpaired) electrons. The Morgan fingerprint density at radius 2 is 1.88 bits per heavy atom. The Balaban J connectivity index is 2.35.